The number of carbonyl (C=O) groups excluding carboxylic acids is 1. The van der Waals surface area contributed by atoms with E-state index in [-0.39, 0.29) is 12.4 Å². The second-order valence-electron chi connectivity index (χ2n) is 3.77. The summed E-state index contributed by atoms with van der Waals surface area (Å²) in [4.78, 5) is 15.2. The maximum atomic E-state index is 11.3. The van der Waals surface area contributed by atoms with Crippen LogP contribution in [0.1, 0.15) is 18.1 Å². The van der Waals surface area contributed by atoms with Gasteiger partial charge in [0.2, 0.25) is 5.84 Å². The first-order valence-electron chi connectivity index (χ1n) is 5.75. The zero-order chi connectivity index (χ0) is 14.3. The summed E-state index contributed by atoms with van der Waals surface area (Å²) in [5.74, 6) is -0.877. The number of aliphatic imine (C=N–C) groups is 1. The zero-order valence-corrected chi connectivity index (χ0v) is 10.7. The van der Waals surface area contributed by atoms with Gasteiger partial charge in [0, 0.05) is 12.1 Å². The van der Waals surface area contributed by atoms with Gasteiger partial charge in [0.25, 0.3) is 0 Å². The lowest BCUT2D eigenvalue weighted by Gasteiger charge is -2.04. The predicted octanol–water partition coefficient (Wildman–Crippen LogP) is 1.53. The Kier molecular flexibility index (Phi) is 5.30. The van der Waals surface area contributed by atoms with Gasteiger partial charge in [-0.3, -0.25) is 0 Å². The fourth-order valence-corrected chi connectivity index (χ4v) is 1.45. The molecule has 0 aliphatic heterocycles. The van der Waals surface area contributed by atoms with E-state index in [0.717, 1.165) is 5.56 Å². The first-order chi connectivity index (χ1) is 9.06. The molecule has 0 spiro atoms. The molecule has 0 fully saturated rings. The van der Waals surface area contributed by atoms with Gasteiger partial charge in [-0.25, -0.2) is 9.79 Å². The third-order valence-corrected chi connectivity index (χ3v) is 2.23. The van der Waals surface area contributed by atoms with Gasteiger partial charge in [0.1, 0.15) is 0 Å². The summed E-state index contributed by atoms with van der Waals surface area (Å²) < 4.78 is 4.71. The van der Waals surface area contributed by atoms with Crippen LogP contribution >= 0.6 is 0 Å². The molecule has 1 aromatic carbocycles. The van der Waals surface area contributed by atoms with Gasteiger partial charge in [-0.1, -0.05) is 18.7 Å². The second-order valence-corrected chi connectivity index (χ2v) is 3.77. The number of carbonyl (C=O) groups is 1. The average Bonchev–Trinajstić information content (AvgIpc) is 2.39. The van der Waals surface area contributed by atoms with Gasteiger partial charge in [-0.2, -0.15) is 5.26 Å². The number of benzene rings is 1. The molecule has 0 aliphatic carbocycles. The minimum absolute atomic E-state index is 0.219. The number of nitrogens with zero attached hydrogens (tertiary/aromatic N) is 2. The molecule has 0 saturated carbocycles. The summed E-state index contributed by atoms with van der Waals surface area (Å²) in [6.45, 7) is 5.66. The van der Waals surface area contributed by atoms with Gasteiger partial charge in [0.05, 0.1) is 18.2 Å². The minimum atomic E-state index is -0.658. The van der Waals surface area contributed by atoms with Crippen molar-refractivity contribution in [3.8, 4) is 6.07 Å². The normalized spacial score (nSPS) is 10.6. The molecular weight excluding hydrogens is 242 g/mol. The Morgan fingerprint density at radius 1 is 1.58 bits per heavy atom. The molecule has 0 radical (unpaired) electrons. The van der Waals surface area contributed by atoms with E-state index >= 15 is 0 Å². The molecule has 0 bridgehead atoms. The van der Waals surface area contributed by atoms with Crippen LogP contribution in [0.15, 0.2) is 41.5 Å². The molecule has 0 heterocycles. The lowest BCUT2D eigenvalue weighted by molar-refractivity contribution is -0.135. The molecule has 0 atom stereocenters. The van der Waals surface area contributed by atoms with Crippen LogP contribution in [0.2, 0.25) is 0 Å². The molecule has 0 amide bonds. The fraction of sp³-hybridized carbons (Fsp3) is 0.214. The summed E-state index contributed by atoms with van der Waals surface area (Å²) in [5.41, 5.74) is 7.35. The van der Waals surface area contributed by atoms with E-state index < -0.39 is 5.97 Å². The molecule has 2 N–H and O–H groups in total. The molecule has 0 unspecified atom stereocenters. The third-order valence-electron chi connectivity index (χ3n) is 2.23. The highest BCUT2D eigenvalue weighted by atomic mass is 16.5. The van der Waals surface area contributed by atoms with E-state index in [2.05, 4.69) is 17.6 Å². The summed E-state index contributed by atoms with van der Waals surface area (Å²) in [7, 11) is 0. The van der Waals surface area contributed by atoms with Crippen molar-refractivity contribution in [2.45, 2.75) is 13.3 Å². The molecule has 0 saturated heterocycles. The quantitative estimate of drug-likeness (QED) is 0.503. The average molecular weight is 257 g/mol. The number of esters is 1. The van der Waals surface area contributed by atoms with Crippen molar-refractivity contribution in [3.05, 3.63) is 47.7 Å². The van der Waals surface area contributed by atoms with Crippen molar-refractivity contribution in [2.75, 3.05) is 6.61 Å². The molecule has 0 aliphatic rings. The van der Waals surface area contributed by atoms with Gasteiger partial charge < -0.3 is 10.5 Å². The highest BCUT2D eigenvalue weighted by Crippen LogP contribution is 2.10. The number of nitrogens with two attached hydrogens (primary N) is 1. The van der Waals surface area contributed by atoms with Crippen LogP contribution in [0.5, 0.6) is 0 Å². The van der Waals surface area contributed by atoms with Crippen molar-refractivity contribution >= 4 is 11.8 Å². The van der Waals surface area contributed by atoms with E-state index in [1.54, 1.807) is 25.1 Å². The molecule has 0 aromatic heterocycles. The first kappa shape index (κ1) is 14.5. The van der Waals surface area contributed by atoms with E-state index in [1.807, 2.05) is 6.07 Å². The van der Waals surface area contributed by atoms with Crippen LogP contribution in [-0.4, -0.2) is 18.4 Å². The number of rotatable bonds is 4. The molecule has 5 nitrogen and oxygen atoms in total. The highest BCUT2D eigenvalue weighted by molar-refractivity contribution is 6.34. The Balaban J connectivity index is 2.72. The smallest absolute Gasteiger partial charge is 0.373 e. The van der Waals surface area contributed by atoms with E-state index in [4.69, 9.17) is 15.7 Å². The predicted molar refractivity (Wildman–Crippen MR) is 72.3 cm³/mol. The van der Waals surface area contributed by atoms with E-state index in [0.29, 0.717) is 17.7 Å². The van der Waals surface area contributed by atoms with Crippen LogP contribution in [0.3, 0.4) is 0 Å². The number of amidine groups is 1. The van der Waals surface area contributed by atoms with E-state index in [1.165, 1.54) is 0 Å². The van der Waals surface area contributed by atoms with Crippen LogP contribution in [-0.2, 0) is 16.0 Å². The lowest BCUT2D eigenvalue weighted by atomic mass is 10.1. The summed E-state index contributed by atoms with van der Waals surface area (Å²) in [6, 6.07) is 9.13. The Hall–Kier alpha value is -2.61. The van der Waals surface area contributed by atoms with E-state index in [9.17, 15) is 4.79 Å². The Labute approximate surface area is 112 Å². The van der Waals surface area contributed by atoms with Crippen molar-refractivity contribution in [1.82, 2.24) is 0 Å². The van der Waals surface area contributed by atoms with Crippen LogP contribution < -0.4 is 5.73 Å². The van der Waals surface area contributed by atoms with Crippen molar-refractivity contribution in [3.63, 3.8) is 0 Å². The number of ether oxygens (including phenoxy) is 1. The SMILES string of the molecule is C=C(Cc1cccc(C#N)c1)N=C(N)C(=O)OCC. The number of hydrogen-bond donors (Lipinski definition) is 1. The fourth-order valence-electron chi connectivity index (χ4n) is 1.45. The minimum Gasteiger partial charge on any atom is -0.460 e. The summed E-state index contributed by atoms with van der Waals surface area (Å²) in [5, 5.41) is 8.79. The van der Waals surface area contributed by atoms with Gasteiger partial charge >= 0.3 is 5.97 Å². The van der Waals surface area contributed by atoms with Crippen LogP contribution in [0, 0.1) is 11.3 Å². The number of allylic oxidation sites excluding steroid dienone is 1. The van der Waals surface area contributed by atoms with Gasteiger partial charge in [0.15, 0.2) is 0 Å². The standard InChI is InChI=1S/C14H15N3O2/c1-3-19-14(18)13(16)17-10(2)7-11-5-4-6-12(8-11)9-15/h4-6,8H,2-3,7H2,1H3,(H2,16,17). The largest absolute Gasteiger partial charge is 0.460 e. The molecule has 19 heavy (non-hydrogen) atoms. The van der Waals surface area contributed by atoms with Crippen LogP contribution in [0.4, 0.5) is 0 Å². The Morgan fingerprint density at radius 3 is 2.95 bits per heavy atom. The number of nitriles is 1. The Morgan fingerprint density at radius 2 is 2.32 bits per heavy atom. The maximum absolute atomic E-state index is 11.3. The first-order valence-corrected chi connectivity index (χ1v) is 5.75. The Bertz CT molecular complexity index is 556. The molecule has 98 valence electrons. The molecular formula is C14H15N3O2. The zero-order valence-electron chi connectivity index (χ0n) is 10.7. The molecule has 1 rings (SSSR count). The molecule has 1 aromatic rings. The van der Waals surface area contributed by atoms with Crippen molar-refractivity contribution < 1.29 is 9.53 Å². The maximum Gasteiger partial charge on any atom is 0.373 e. The second kappa shape index (κ2) is 6.97. The van der Waals surface area contributed by atoms with Crippen molar-refractivity contribution in [1.29, 1.82) is 5.26 Å². The van der Waals surface area contributed by atoms with Gasteiger partial charge in [-0.05, 0) is 24.6 Å². The molecule has 5 heteroatoms. The van der Waals surface area contributed by atoms with Crippen molar-refractivity contribution in [2.24, 2.45) is 10.7 Å². The van der Waals surface area contributed by atoms with Gasteiger partial charge in [-0.15, -0.1) is 0 Å². The lowest BCUT2D eigenvalue weighted by Crippen LogP contribution is -2.26. The van der Waals surface area contributed by atoms with Crippen LogP contribution in [0.25, 0.3) is 0 Å². The topological polar surface area (TPSA) is 88.5 Å². The number of hydrogen-bond acceptors (Lipinski definition) is 4. The summed E-state index contributed by atoms with van der Waals surface area (Å²) >= 11 is 0. The highest BCUT2D eigenvalue weighted by Gasteiger charge is 2.08. The monoisotopic (exact) mass is 257 g/mol. The summed E-state index contributed by atoms with van der Waals surface area (Å²) in [6.07, 6.45) is 0.412. The third kappa shape index (κ3) is 4.64.